The topological polar surface area (TPSA) is 114 Å². The molecule has 0 saturated carbocycles. The number of nitriles is 1. The molecule has 3 N–H and O–H groups in total. The van der Waals surface area contributed by atoms with Crippen LogP contribution in [0.1, 0.15) is 21.5 Å². The normalized spacial score (nSPS) is 10.2. The number of ether oxygens (including phenoxy) is 2. The van der Waals surface area contributed by atoms with Crippen molar-refractivity contribution in [1.29, 1.82) is 5.26 Å². The number of carbonyl (C=O) groups excluding carboxylic acids is 2. The average molecular weight is 421 g/mol. The first kappa shape index (κ1) is 20.9. The minimum atomic E-state index is -0.688. The van der Waals surface area contributed by atoms with Gasteiger partial charge >= 0.3 is 5.97 Å². The van der Waals surface area contributed by atoms with E-state index in [1.54, 1.807) is 6.07 Å². The predicted octanol–water partition coefficient (Wildman–Crippen LogP) is 3.98. The van der Waals surface area contributed by atoms with Gasteiger partial charge in [0.2, 0.25) is 0 Å². The number of nitrogens with zero attached hydrogens (tertiary/aromatic N) is 1. The number of methoxy groups -OCH3 is 1. The Labute approximate surface area is 177 Å². The summed E-state index contributed by atoms with van der Waals surface area (Å²) in [5.74, 6) is -0.791. The van der Waals surface area contributed by atoms with Crippen LogP contribution >= 0.6 is 11.3 Å². The summed E-state index contributed by atoms with van der Waals surface area (Å²) >= 11 is 1.24. The monoisotopic (exact) mass is 421 g/mol. The minimum Gasteiger partial charge on any atom is -0.495 e. The molecule has 0 fully saturated rings. The van der Waals surface area contributed by atoms with Gasteiger partial charge in [0.1, 0.15) is 16.8 Å². The molecule has 0 aliphatic heterocycles. The number of anilines is 2. The SMILES string of the molecule is COc1ccc(C(=O)OCC(=O)Nc2scc(-c3ccc(C)cc3)c2C#N)cc1N. The maximum absolute atomic E-state index is 12.2. The highest BCUT2D eigenvalue weighted by molar-refractivity contribution is 7.15. The molecule has 152 valence electrons. The van der Waals surface area contributed by atoms with Crippen LogP contribution in [0.5, 0.6) is 5.75 Å². The molecule has 8 heteroatoms. The van der Waals surface area contributed by atoms with Crippen molar-refractivity contribution in [3.63, 3.8) is 0 Å². The molecule has 1 heterocycles. The predicted molar refractivity (Wildman–Crippen MR) is 116 cm³/mol. The summed E-state index contributed by atoms with van der Waals surface area (Å²) in [6.45, 7) is 1.49. The van der Waals surface area contributed by atoms with Crippen molar-refractivity contribution in [3.8, 4) is 22.9 Å². The van der Waals surface area contributed by atoms with Crippen LogP contribution in [0.3, 0.4) is 0 Å². The summed E-state index contributed by atoms with van der Waals surface area (Å²) in [6.07, 6.45) is 0. The van der Waals surface area contributed by atoms with Gasteiger partial charge in [-0.25, -0.2) is 4.79 Å². The van der Waals surface area contributed by atoms with Gasteiger partial charge in [-0.15, -0.1) is 11.3 Å². The van der Waals surface area contributed by atoms with Crippen LogP contribution in [0.25, 0.3) is 11.1 Å². The van der Waals surface area contributed by atoms with Crippen LogP contribution in [0.15, 0.2) is 47.8 Å². The fourth-order valence-corrected chi connectivity index (χ4v) is 3.68. The zero-order chi connectivity index (χ0) is 21.7. The maximum Gasteiger partial charge on any atom is 0.338 e. The van der Waals surface area contributed by atoms with E-state index >= 15 is 0 Å². The van der Waals surface area contributed by atoms with Crippen molar-refractivity contribution in [2.45, 2.75) is 6.92 Å². The Kier molecular flexibility index (Phi) is 6.35. The van der Waals surface area contributed by atoms with E-state index in [0.717, 1.165) is 16.7 Å². The average Bonchev–Trinajstić information content (AvgIpc) is 3.14. The lowest BCUT2D eigenvalue weighted by Gasteiger charge is -2.08. The highest BCUT2D eigenvalue weighted by atomic mass is 32.1. The van der Waals surface area contributed by atoms with Gasteiger partial charge in [-0.2, -0.15) is 5.26 Å². The molecule has 1 aromatic heterocycles. The second kappa shape index (κ2) is 9.11. The second-order valence-corrected chi connectivity index (χ2v) is 7.29. The third kappa shape index (κ3) is 4.59. The Balaban J connectivity index is 1.65. The van der Waals surface area contributed by atoms with E-state index in [2.05, 4.69) is 11.4 Å². The van der Waals surface area contributed by atoms with Crippen LogP contribution in [0, 0.1) is 18.3 Å². The van der Waals surface area contributed by atoms with E-state index in [4.69, 9.17) is 15.2 Å². The lowest BCUT2D eigenvalue weighted by Crippen LogP contribution is -2.21. The number of nitrogens with two attached hydrogens (primary N) is 1. The molecule has 7 nitrogen and oxygen atoms in total. The lowest BCUT2D eigenvalue weighted by molar-refractivity contribution is -0.119. The second-order valence-electron chi connectivity index (χ2n) is 6.41. The number of esters is 1. The largest absolute Gasteiger partial charge is 0.495 e. The Morgan fingerprint density at radius 3 is 2.57 bits per heavy atom. The standard InChI is InChI=1S/C22H19N3O4S/c1-13-3-5-14(6-4-13)17-12-30-21(16(17)10-23)25-20(26)11-29-22(27)15-7-8-19(28-2)18(24)9-15/h3-9,12H,11,24H2,1-2H3,(H,25,26). The van der Waals surface area contributed by atoms with Gasteiger partial charge in [0.25, 0.3) is 5.91 Å². The summed E-state index contributed by atoms with van der Waals surface area (Å²) in [4.78, 5) is 24.4. The van der Waals surface area contributed by atoms with Crippen molar-refractivity contribution < 1.29 is 19.1 Å². The Bertz CT molecular complexity index is 1130. The number of benzene rings is 2. The number of nitrogen functional groups attached to an aromatic ring is 1. The smallest absolute Gasteiger partial charge is 0.338 e. The molecule has 30 heavy (non-hydrogen) atoms. The zero-order valence-corrected chi connectivity index (χ0v) is 17.2. The van der Waals surface area contributed by atoms with Crippen LogP contribution in [-0.2, 0) is 9.53 Å². The number of thiophene rings is 1. The first-order valence-electron chi connectivity index (χ1n) is 8.92. The van der Waals surface area contributed by atoms with Crippen molar-refractivity contribution in [2.75, 3.05) is 24.8 Å². The molecule has 0 radical (unpaired) electrons. The summed E-state index contributed by atoms with van der Waals surface area (Å²) in [5.41, 5.74) is 9.38. The first-order chi connectivity index (χ1) is 14.4. The van der Waals surface area contributed by atoms with Gasteiger partial charge in [-0.3, -0.25) is 4.79 Å². The molecule has 3 rings (SSSR count). The number of carbonyl (C=O) groups is 2. The fraction of sp³-hybridized carbons (Fsp3) is 0.136. The van der Waals surface area contributed by atoms with Crippen LogP contribution in [0.2, 0.25) is 0 Å². The fourth-order valence-electron chi connectivity index (χ4n) is 2.74. The van der Waals surface area contributed by atoms with Gasteiger partial charge in [0.15, 0.2) is 6.61 Å². The molecule has 0 aliphatic rings. The third-order valence-corrected chi connectivity index (χ3v) is 5.21. The van der Waals surface area contributed by atoms with E-state index < -0.39 is 18.5 Å². The summed E-state index contributed by atoms with van der Waals surface area (Å²) in [7, 11) is 1.47. The van der Waals surface area contributed by atoms with E-state index in [0.29, 0.717) is 16.3 Å². The number of hydrogen-bond donors (Lipinski definition) is 2. The number of aryl methyl sites for hydroxylation is 1. The molecule has 0 saturated heterocycles. The number of rotatable bonds is 6. The molecule has 0 atom stereocenters. The number of hydrogen-bond acceptors (Lipinski definition) is 7. The molecule has 1 amide bonds. The summed E-state index contributed by atoms with van der Waals surface area (Å²) in [6, 6.07) is 14.3. The van der Waals surface area contributed by atoms with Gasteiger partial charge < -0.3 is 20.5 Å². The van der Waals surface area contributed by atoms with Gasteiger partial charge in [0, 0.05) is 10.9 Å². The quantitative estimate of drug-likeness (QED) is 0.460. The van der Waals surface area contributed by atoms with Gasteiger partial charge in [-0.05, 0) is 30.7 Å². The van der Waals surface area contributed by atoms with Gasteiger partial charge in [-0.1, -0.05) is 29.8 Å². The molecule has 2 aromatic carbocycles. The molecule has 0 bridgehead atoms. The van der Waals surface area contributed by atoms with E-state index in [9.17, 15) is 14.9 Å². The van der Waals surface area contributed by atoms with Crippen LogP contribution in [-0.4, -0.2) is 25.6 Å². The van der Waals surface area contributed by atoms with Crippen molar-refractivity contribution in [3.05, 3.63) is 64.5 Å². The van der Waals surface area contributed by atoms with Gasteiger partial charge in [0.05, 0.1) is 23.9 Å². The molecule has 0 unspecified atom stereocenters. The number of amides is 1. The Morgan fingerprint density at radius 1 is 1.20 bits per heavy atom. The maximum atomic E-state index is 12.2. The molecular weight excluding hydrogens is 402 g/mol. The minimum absolute atomic E-state index is 0.205. The number of nitrogens with one attached hydrogen (secondary N) is 1. The Hall–Kier alpha value is -3.83. The summed E-state index contributed by atoms with van der Waals surface area (Å²) < 4.78 is 10.1. The molecule has 0 aliphatic carbocycles. The first-order valence-corrected chi connectivity index (χ1v) is 9.80. The molecule has 0 spiro atoms. The molecular formula is C22H19N3O4S. The highest BCUT2D eigenvalue weighted by Gasteiger charge is 2.17. The highest BCUT2D eigenvalue weighted by Crippen LogP contribution is 2.35. The van der Waals surface area contributed by atoms with Crippen molar-refractivity contribution in [1.82, 2.24) is 0 Å². The van der Waals surface area contributed by atoms with E-state index in [1.807, 2.05) is 36.6 Å². The Morgan fingerprint density at radius 2 is 1.93 bits per heavy atom. The van der Waals surface area contributed by atoms with Crippen LogP contribution in [0.4, 0.5) is 10.7 Å². The van der Waals surface area contributed by atoms with Crippen molar-refractivity contribution >= 4 is 33.9 Å². The lowest BCUT2D eigenvalue weighted by atomic mass is 10.0. The van der Waals surface area contributed by atoms with E-state index in [-0.39, 0.29) is 11.3 Å². The summed E-state index contributed by atoms with van der Waals surface area (Å²) in [5, 5.41) is 14.4. The van der Waals surface area contributed by atoms with E-state index in [1.165, 1.54) is 30.6 Å². The van der Waals surface area contributed by atoms with Crippen molar-refractivity contribution in [2.24, 2.45) is 0 Å². The molecule has 3 aromatic rings. The van der Waals surface area contributed by atoms with Crippen LogP contribution < -0.4 is 15.8 Å². The zero-order valence-electron chi connectivity index (χ0n) is 16.4. The third-order valence-electron chi connectivity index (χ3n) is 4.32.